The van der Waals surface area contributed by atoms with Crippen molar-refractivity contribution in [2.75, 3.05) is 38.2 Å². The maximum Gasteiger partial charge on any atom is 0.281 e. The van der Waals surface area contributed by atoms with Gasteiger partial charge in [-0.05, 0) is 17.7 Å². The van der Waals surface area contributed by atoms with E-state index in [-0.39, 0.29) is 11.8 Å². The molecule has 0 saturated carbocycles. The number of rotatable bonds is 5. The summed E-state index contributed by atoms with van der Waals surface area (Å²) in [6.45, 7) is 4.04. The Bertz CT molecular complexity index is 902. The quantitative estimate of drug-likeness (QED) is 0.749. The summed E-state index contributed by atoms with van der Waals surface area (Å²) in [5.74, 6) is -0.103. The lowest BCUT2D eigenvalue weighted by molar-refractivity contribution is -0.121. The summed E-state index contributed by atoms with van der Waals surface area (Å²) in [6, 6.07) is 17.4. The zero-order chi connectivity index (χ0) is 19.5. The van der Waals surface area contributed by atoms with Gasteiger partial charge in [-0.15, -0.1) is 0 Å². The van der Waals surface area contributed by atoms with Gasteiger partial charge in [-0.3, -0.25) is 14.5 Å². The van der Waals surface area contributed by atoms with Gasteiger partial charge in [0.2, 0.25) is 0 Å². The van der Waals surface area contributed by atoms with E-state index in [2.05, 4.69) is 17.0 Å². The fourth-order valence-electron chi connectivity index (χ4n) is 3.72. The predicted molar refractivity (Wildman–Crippen MR) is 107 cm³/mol. The van der Waals surface area contributed by atoms with Gasteiger partial charge in [-0.2, -0.15) is 0 Å². The van der Waals surface area contributed by atoms with Crippen molar-refractivity contribution < 1.29 is 14.3 Å². The minimum Gasteiger partial charge on any atom is -0.495 e. The van der Waals surface area contributed by atoms with Crippen LogP contribution in [0.1, 0.15) is 5.56 Å². The highest BCUT2D eigenvalue weighted by molar-refractivity contribution is 6.30. The normalized spacial score (nSPS) is 17.8. The molecule has 0 spiro atoms. The van der Waals surface area contributed by atoms with Crippen molar-refractivity contribution in [2.45, 2.75) is 6.54 Å². The van der Waals surface area contributed by atoms with Crippen LogP contribution in [0.2, 0.25) is 0 Å². The fourth-order valence-corrected chi connectivity index (χ4v) is 3.72. The molecule has 0 bridgehead atoms. The molecular formula is C22H23N3O3. The summed E-state index contributed by atoms with van der Waals surface area (Å²) >= 11 is 0. The van der Waals surface area contributed by atoms with E-state index in [1.165, 1.54) is 23.6 Å². The van der Waals surface area contributed by atoms with Crippen LogP contribution in [-0.2, 0) is 16.1 Å². The number of hydrogen-bond acceptors (Lipinski definition) is 5. The van der Waals surface area contributed by atoms with E-state index in [0.29, 0.717) is 17.1 Å². The number of carbonyl (C=O) groups excluding carboxylic acids is 2. The van der Waals surface area contributed by atoms with Crippen molar-refractivity contribution in [3.05, 3.63) is 71.9 Å². The molecule has 2 aromatic carbocycles. The number of piperazine rings is 1. The van der Waals surface area contributed by atoms with Crippen molar-refractivity contribution >= 4 is 17.5 Å². The first-order valence-corrected chi connectivity index (χ1v) is 9.42. The number of amides is 2. The first kappa shape index (κ1) is 18.3. The molecule has 2 aromatic rings. The maximum absolute atomic E-state index is 13.0. The minimum atomic E-state index is -0.323. The Kier molecular flexibility index (Phi) is 5.12. The molecule has 0 radical (unpaired) electrons. The van der Waals surface area contributed by atoms with E-state index in [1.54, 1.807) is 18.2 Å². The molecule has 144 valence electrons. The Morgan fingerprint density at radius 3 is 2.29 bits per heavy atom. The first-order chi connectivity index (χ1) is 13.7. The van der Waals surface area contributed by atoms with Crippen LogP contribution in [0.15, 0.2) is 66.4 Å². The van der Waals surface area contributed by atoms with Crippen LogP contribution >= 0.6 is 0 Å². The predicted octanol–water partition coefficient (Wildman–Crippen LogP) is 2.27. The molecule has 1 fully saturated rings. The molecule has 0 unspecified atom stereocenters. The Morgan fingerprint density at radius 1 is 0.893 bits per heavy atom. The number of nitrogens with zero attached hydrogens (tertiary/aromatic N) is 3. The Labute approximate surface area is 164 Å². The van der Waals surface area contributed by atoms with Gasteiger partial charge < -0.3 is 9.64 Å². The lowest BCUT2D eigenvalue weighted by Gasteiger charge is -2.36. The zero-order valence-corrected chi connectivity index (χ0v) is 15.9. The molecule has 0 aromatic heterocycles. The minimum absolute atomic E-state index is 0.286. The largest absolute Gasteiger partial charge is 0.495 e. The summed E-state index contributed by atoms with van der Waals surface area (Å²) < 4.78 is 5.32. The highest BCUT2D eigenvalue weighted by Gasteiger charge is 2.37. The van der Waals surface area contributed by atoms with Crippen molar-refractivity contribution in [3.8, 4) is 5.75 Å². The van der Waals surface area contributed by atoms with Crippen LogP contribution in [0.5, 0.6) is 5.75 Å². The van der Waals surface area contributed by atoms with Crippen LogP contribution in [0.3, 0.4) is 0 Å². The van der Waals surface area contributed by atoms with E-state index in [1.807, 2.05) is 29.2 Å². The number of carbonyl (C=O) groups is 2. The van der Waals surface area contributed by atoms with Gasteiger partial charge in [-0.25, -0.2) is 4.90 Å². The van der Waals surface area contributed by atoms with E-state index in [9.17, 15) is 9.59 Å². The Hall–Kier alpha value is -3.12. The summed E-state index contributed by atoms with van der Waals surface area (Å²) in [5, 5.41) is 0. The molecular weight excluding hydrogens is 354 g/mol. The second-order valence-electron chi connectivity index (χ2n) is 6.93. The van der Waals surface area contributed by atoms with Gasteiger partial charge in [0.05, 0.1) is 12.8 Å². The first-order valence-electron chi connectivity index (χ1n) is 9.42. The number of para-hydroxylation sites is 2. The van der Waals surface area contributed by atoms with Crippen LogP contribution in [0.4, 0.5) is 5.69 Å². The molecule has 28 heavy (non-hydrogen) atoms. The Morgan fingerprint density at radius 2 is 1.57 bits per heavy atom. The third-order valence-corrected chi connectivity index (χ3v) is 5.19. The highest BCUT2D eigenvalue weighted by atomic mass is 16.5. The summed E-state index contributed by atoms with van der Waals surface area (Å²) in [4.78, 5) is 31.1. The molecule has 1 saturated heterocycles. The third kappa shape index (κ3) is 3.51. The lowest BCUT2D eigenvalue weighted by Crippen LogP contribution is -2.47. The van der Waals surface area contributed by atoms with Crippen molar-refractivity contribution in [3.63, 3.8) is 0 Å². The molecule has 4 rings (SSSR count). The van der Waals surface area contributed by atoms with Crippen molar-refractivity contribution in [2.24, 2.45) is 0 Å². The van der Waals surface area contributed by atoms with E-state index >= 15 is 0 Å². The zero-order valence-electron chi connectivity index (χ0n) is 15.9. The van der Waals surface area contributed by atoms with Crippen molar-refractivity contribution in [1.82, 2.24) is 9.80 Å². The molecule has 0 aliphatic carbocycles. The fraction of sp³-hybridized carbons (Fsp3) is 0.273. The van der Waals surface area contributed by atoms with Gasteiger partial charge in [0, 0.05) is 38.8 Å². The van der Waals surface area contributed by atoms with Gasteiger partial charge >= 0.3 is 0 Å². The van der Waals surface area contributed by atoms with Crippen LogP contribution in [0.25, 0.3) is 0 Å². The van der Waals surface area contributed by atoms with Crippen LogP contribution in [-0.4, -0.2) is 54.9 Å². The number of ether oxygens (including phenoxy) is 1. The average Bonchev–Trinajstić information content (AvgIpc) is 3.03. The lowest BCUT2D eigenvalue weighted by atomic mass is 10.2. The number of benzene rings is 2. The molecule has 0 atom stereocenters. The number of anilines is 1. The van der Waals surface area contributed by atoms with Crippen molar-refractivity contribution in [1.29, 1.82) is 0 Å². The molecule has 6 heteroatoms. The van der Waals surface area contributed by atoms with Gasteiger partial charge in [0.1, 0.15) is 11.4 Å². The van der Waals surface area contributed by atoms with Gasteiger partial charge in [0.25, 0.3) is 11.8 Å². The molecule has 2 heterocycles. The summed E-state index contributed by atoms with van der Waals surface area (Å²) in [6.07, 6.45) is 1.45. The standard InChI is InChI=1S/C22H23N3O3/c1-28-20-10-6-5-9-18(20)25-21(26)15-19(22(25)27)24-13-11-23(12-14-24)16-17-7-3-2-4-8-17/h2-10,15H,11-14,16H2,1H3. The van der Waals surface area contributed by atoms with E-state index < -0.39 is 0 Å². The molecule has 0 N–H and O–H groups in total. The average molecular weight is 377 g/mol. The van der Waals surface area contributed by atoms with E-state index in [0.717, 1.165) is 32.7 Å². The van der Waals surface area contributed by atoms with Crippen LogP contribution < -0.4 is 9.64 Å². The highest BCUT2D eigenvalue weighted by Crippen LogP contribution is 2.32. The maximum atomic E-state index is 13.0. The molecule has 2 aliphatic rings. The number of methoxy groups -OCH3 is 1. The second kappa shape index (κ2) is 7.86. The second-order valence-corrected chi connectivity index (χ2v) is 6.93. The Balaban J connectivity index is 1.43. The topological polar surface area (TPSA) is 53.1 Å². The van der Waals surface area contributed by atoms with Gasteiger partial charge in [0.15, 0.2) is 0 Å². The number of hydrogen-bond donors (Lipinski definition) is 0. The molecule has 2 aliphatic heterocycles. The summed E-state index contributed by atoms with van der Waals surface area (Å²) in [7, 11) is 1.53. The smallest absolute Gasteiger partial charge is 0.281 e. The third-order valence-electron chi connectivity index (χ3n) is 5.19. The molecule has 6 nitrogen and oxygen atoms in total. The number of imide groups is 1. The van der Waals surface area contributed by atoms with Gasteiger partial charge in [-0.1, -0.05) is 42.5 Å². The monoisotopic (exact) mass is 377 g/mol. The summed E-state index contributed by atoms with van der Waals surface area (Å²) in [5.41, 5.74) is 2.23. The van der Waals surface area contributed by atoms with E-state index in [4.69, 9.17) is 4.74 Å². The van der Waals surface area contributed by atoms with Crippen LogP contribution in [0, 0.1) is 0 Å². The SMILES string of the molecule is COc1ccccc1N1C(=O)C=C(N2CCN(Cc3ccccc3)CC2)C1=O. The molecule has 2 amide bonds.